The second-order valence-electron chi connectivity index (χ2n) is 4.13. The van der Waals surface area contributed by atoms with Crippen molar-refractivity contribution in [2.75, 3.05) is 20.3 Å². The zero-order valence-electron chi connectivity index (χ0n) is 11.0. The molecule has 0 aliphatic carbocycles. The fourth-order valence-electron chi connectivity index (χ4n) is 1.53. The van der Waals surface area contributed by atoms with E-state index in [0.29, 0.717) is 19.6 Å². The third-order valence-corrected chi connectivity index (χ3v) is 2.56. The maximum Gasteiger partial charge on any atom is 0.486 e. The van der Waals surface area contributed by atoms with Crippen molar-refractivity contribution in [2.24, 2.45) is 5.92 Å². The molecule has 1 aliphatic heterocycles. The van der Waals surface area contributed by atoms with Crippen molar-refractivity contribution in [2.45, 2.75) is 26.2 Å². The van der Waals surface area contributed by atoms with Gasteiger partial charge in [0, 0.05) is 12.3 Å². The van der Waals surface area contributed by atoms with Crippen LogP contribution in [-0.4, -0.2) is 33.4 Å². The van der Waals surface area contributed by atoms with E-state index >= 15 is 0 Å². The minimum Gasteiger partial charge on any atom is -0.469 e. The molecule has 0 unspecified atom stereocenters. The first-order valence-electron chi connectivity index (χ1n) is 6.20. The number of rotatable bonds is 5. The van der Waals surface area contributed by atoms with E-state index in [9.17, 15) is 4.79 Å². The number of hydrogen-bond donors (Lipinski definition) is 0. The van der Waals surface area contributed by atoms with Gasteiger partial charge in [-0.05, 0) is 24.9 Å². The third-order valence-electron chi connectivity index (χ3n) is 2.56. The molecule has 0 spiro atoms. The Kier molecular flexibility index (Phi) is 7.23. The first-order chi connectivity index (χ1) is 8.72. The van der Waals surface area contributed by atoms with Gasteiger partial charge in [-0.2, -0.15) is 0 Å². The van der Waals surface area contributed by atoms with Crippen molar-refractivity contribution in [3.63, 3.8) is 0 Å². The molecular weight excluding hydrogens is 231 g/mol. The molecule has 0 aromatic rings. The average Bonchev–Trinajstić information content (AvgIpc) is 2.87. The maximum atomic E-state index is 10.9. The minimum absolute atomic E-state index is 0.161. The van der Waals surface area contributed by atoms with Crippen LogP contribution in [0.4, 0.5) is 0 Å². The van der Waals surface area contributed by atoms with Crippen molar-refractivity contribution in [1.82, 2.24) is 0 Å². The summed E-state index contributed by atoms with van der Waals surface area (Å²) in [6.45, 7) is 3.33. The Morgan fingerprint density at radius 3 is 2.89 bits per heavy atom. The summed E-state index contributed by atoms with van der Waals surface area (Å²) >= 11 is 0. The average molecular weight is 250 g/mol. The first-order valence-corrected chi connectivity index (χ1v) is 6.20. The van der Waals surface area contributed by atoms with E-state index in [0.717, 1.165) is 12.8 Å². The Morgan fingerprint density at radius 1 is 1.50 bits per heavy atom. The lowest BCUT2D eigenvalue weighted by Crippen LogP contribution is -2.09. The molecule has 5 heteroatoms. The molecule has 98 valence electrons. The summed E-state index contributed by atoms with van der Waals surface area (Å²) in [5.41, 5.74) is 0. The van der Waals surface area contributed by atoms with Crippen LogP contribution in [0.25, 0.3) is 0 Å². The highest BCUT2D eigenvalue weighted by atomic mass is 16.6. The van der Waals surface area contributed by atoms with Crippen LogP contribution >= 0.6 is 0 Å². The van der Waals surface area contributed by atoms with Gasteiger partial charge in [-0.25, -0.2) is 0 Å². The van der Waals surface area contributed by atoms with Crippen molar-refractivity contribution < 1.29 is 18.8 Å². The lowest BCUT2D eigenvalue weighted by atomic mass is 9.91. The van der Waals surface area contributed by atoms with E-state index in [1.54, 1.807) is 12.1 Å². The van der Waals surface area contributed by atoms with Gasteiger partial charge in [0.15, 0.2) is 0 Å². The molecule has 0 bridgehead atoms. The molecule has 1 heterocycles. The lowest BCUT2D eigenvalue weighted by molar-refractivity contribution is -0.140. The second kappa shape index (κ2) is 8.79. The van der Waals surface area contributed by atoms with Gasteiger partial charge in [-0.15, -0.1) is 0 Å². The van der Waals surface area contributed by atoms with E-state index in [1.165, 1.54) is 7.11 Å². The molecule has 0 radical (unpaired) electrons. The highest BCUT2D eigenvalue weighted by molar-refractivity contribution is 6.51. The van der Waals surface area contributed by atoms with Crippen molar-refractivity contribution in [3.8, 4) is 11.8 Å². The molecule has 0 aromatic carbocycles. The molecule has 0 N–H and O–H groups in total. The van der Waals surface area contributed by atoms with Gasteiger partial charge in [0.25, 0.3) is 0 Å². The Bertz CT molecular complexity index is 337. The normalized spacial score (nSPS) is 16.4. The van der Waals surface area contributed by atoms with Crippen molar-refractivity contribution in [1.29, 1.82) is 0 Å². The summed E-state index contributed by atoms with van der Waals surface area (Å²) in [5.74, 6) is 7.97. The molecule has 1 aliphatic rings. The molecule has 0 aromatic heterocycles. The first kappa shape index (κ1) is 14.8. The number of carbonyl (C=O) groups excluding carboxylic acids is 1. The van der Waals surface area contributed by atoms with Gasteiger partial charge >= 0.3 is 13.1 Å². The summed E-state index contributed by atoms with van der Waals surface area (Å²) in [6.07, 6.45) is 3.92. The molecular formula is C13H19BO4. The van der Waals surface area contributed by atoms with Gasteiger partial charge < -0.3 is 14.0 Å². The van der Waals surface area contributed by atoms with Crippen LogP contribution in [0, 0.1) is 17.8 Å². The van der Waals surface area contributed by atoms with E-state index in [-0.39, 0.29) is 19.0 Å². The third kappa shape index (κ3) is 6.48. The van der Waals surface area contributed by atoms with E-state index in [1.807, 2.05) is 6.92 Å². The number of hydrogen-bond acceptors (Lipinski definition) is 4. The molecule has 1 atom stereocenters. The summed E-state index contributed by atoms with van der Waals surface area (Å²) in [6, 6.07) is 0. The molecule has 0 amide bonds. The standard InChI is InChI=1S/C13H19BO4/c1-12(7-5-8-13(15)16-2)6-3-4-9-14-17-10-11-18-14/h4,9,12H,5,7-8,10-11H2,1-2H3/b9-4+/t12-/m1/s1. The second-order valence-corrected chi connectivity index (χ2v) is 4.13. The summed E-state index contributed by atoms with van der Waals surface area (Å²) in [5, 5.41) is 0. The monoisotopic (exact) mass is 250 g/mol. The Hall–Kier alpha value is -1.25. The Morgan fingerprint density at radius 2 is 2.22 bits per heavy atom. The summed E-state index contributed by atoms with van der Waals surface area (Å²) in [4.78, 5) is 10.9. The molecule has 1 saturated heterocycles. The predicted octanol–water partition coefficient (Wildman–Crippen LogP) is 1.60. The predicted molar refractivity (Wildman–Crippen MR) is 69.6 cm³/mol. The van der Waals surface area contributed by atoms with Gasteiger partial charge in [0.2, 0.25) is 0 Å². The quantitative estimate of drug-likeness (QED) is 0.422. The van der Waals surface area contributed by atoms with Gasteiger partial charge in [0.1, 0.15) is 0 Å². The summed E-state index contributed by atoms with van der Waals surface area (Å²) in [7, 11) is 1.16. The SMILES string of the molecule is COC(=O)CCC[C@H](C)C#C/C=C/B1OCCO1. The molecule has 0 saturated carbocycles. The van der Waals surface area contributed by atoms with Crippen molar-refractivity contribution in [3.05, 3.63) is 12.1 Å². The Balaban J connectivity index is 2.15. The topological polar surface area (TPSA) is 44.8 Å². The van der Waals surface area contributed by atoms with Crippen LogP contribution in [-0.2, 0) is 18.8 Å². The van der Waals surface area contributed by atoms with Crippen LogP contribution < -0.4 is 0 Å². The van der Waals surface area contributed by atoms with Gasteiger partial charge in [-0.3, -0.25) is 4.79 Å². The van der Waals surface area contributed by atoms with E-state index in [4.69, 9.17) is 9.31 Å². The fraction of sp³-hybridized carbons (Fsp3) is 0.615. The van der Waals surface area contributed by atoms with Crippen LogP contribution in [0.1, 0.15) is 26.2 Å². The number of methoxy groups -OCH3 is 1. The number of allylic oxidation sites excluding steroid dienone is 1. The zero-order chi connectivity index (χ0) is 13.2. The lowest BCUT2D eigenvalue weighted by Gasteiger charge is -2.02. The fourth-order valence-corrected chi connectivity index (χ4v) is 1.53. The minimum atomic E-state index is -0.242. The highest BCUT2D eigenvalue weighted by Gasteiger charge is 2.19. The molecule has 4 nitrogen and oxygen atoms in total. The molecule has 18 heavy (non-hydrogen) atoms. The van der Waals surface area contributed by atoms with Crippen LogP contribution in [0.2, 0.25) is 0 Å². The number of carbonyl (C=O) groups is 1. The maximum absolute atomic E-state index is 10.9. The Labute approximate surface area is 109 Å². The van der Waals surface area contributed by atoms with Gasteiger partial charge in [0.05, 0.1) is 20.3 Å². The zero-order valence-corrected chi connectivity index (χ0v) is 11.0. The van der Waals surface area contributed by atoms with Crippen LogP contribution in [0.3, 0.4) is 0 Å². The van der Waals surface area contributed by atoms with Crippen molar-refractivity contribution >= 4 is 13.1 Å². The molecule has 1 fully saturated rings. The largest absolute Gasteiger partial charge is 0.486 e. The van der Waals surface area contributed by atoms with Gasteiger partial charge in [-0.1, -0.05) is 18.8 Å². The van der Waals surface area contributed by atoms with E-state index in [2.05, 4.69) is 16.6 Å². The number of ether oxygens (including phenoxy) is 1. The van der Waals surface area contributed by atoms with Crippen LogP contribution in [0.5, 0.6) is 0 Å². The highest BCUT2D eigenvalue weighted by Crippen LogP contribution is 2.07. The smallest absolute Gasteiger partial charge is 0.469 e. The molecule has 1 rings (SSSR count). The number of esters is 1. The summed E-state index contributed by atoms with van der Waals surface area (Å²) < 4.78 is 15.0. The van der Waals surface area contributed by atoms with Crippen LogP contribution in [0.15, 0.2) is 12.1 Å². The van der Waals surface area contributed by atoms with E-state index < -0.39 is 0 Å².